The molecule has 0 unspecified atom stereocenters. The third-order valence-electron chi connectivity index (χ3n) is 9.68. The third kappa shape index (κ3) is 12.0. The van der Waals surface area contributed by atoms with Crippen LogP contribution in [0, 0.1) is 17.5 Å². The number of amides is 4. The molecule has 6 aromatic carbocycles. The fraction of sp³-hybridized carbons (Fsp3) is 0.106. The molecule has 2 aromatic heterocycles. The van der Waals surface area contributed by atoms with Crippen LogP contribution < -0.4 is 35.6 Å². The molecule has 1 aliphatic heterocycles. The van der Waals surface area contributed by atoms with Crippen molar-refractivity contribution in [1.82, 2.24) is 19.9 Å². The lowest BCUT2D eigenvalue weighted by Gasteiger charge is -2.27. The molecule has 8 aromatic rings. The minimum atomic E-state index is -4.88. The van der Waals surface area contributed by atoms with Gasteiger partial charge in [-0.15, -0.1) is 0 Å². The zero-order valence-corrected chi connectivity index (χ0v) is 34.7. The Labute approximate surface area is 376 Å². The number of nitrogens with zero attached hydrogens (tertiary/aromatic N) is 5. The largest absolute Gasteiger partial charge is 0.457 e. The van der Waals surface area contributed by atoms with Crippen molar-refractivity contribution in [2.45, 2.75) is 6.18 Å². The summed E-state index contributed by atoms with van der Waals surface area (Å²) in [5.74, 6) is 0.0230. The second-order valence-electron chi connectivity index (χ2n) is 14.4. The highest BCUT2D eigenvalue weighted by Crippen LogP contribution is 2.34. The Morgan fingerprint density at radius 2 is 1.09 bits per heavy atom. The number of carbonyl (C=O) groups is 2. The summed E-state index contributed by atoms with van der Waals surface area (Å²) in [6.07, 6.45) is 0.0253. The summed E-state index contributed by atoms with van der Waals surface area (Å²) in [6, 6.07) is 26.9. The maximum Gasteiger partial charge on any atom is 0.419 e. The van der Waals surface area contributed by atoms with Crippen molar-refractivity contribution in [3.05, 3.63) is 163 Å². The van der Waals surface area contributed by atoms with Gasteiger partial charge in [0.15, 0.2) is 0 Å². The molecule has 4 amide bonds. The number of carbonyl (C=O) groups excluding carboxylic acids is 2. The molecule has 9 rings (SSSR count). The number of hydrogen-bond donors (Lipinski definition) is 4. The quantitative estimate of drug-likeness (QED) is 0.102. The topological polar surface area (TPSA) is 165 Å². The molecule has 20 heteroatoms. The van der Waals surface area contributed by atoms with Crippen molar-refractivity contribution in [3.63, 3.8) is 0 Å². The molecule has 0 radical (unpaired) electrons. The van der Waals surface area contributed by atoms with E-state index in [1.807, 2.05) is 0 Å². The first-order valence-electron chi connectivity index (χ1n) is 20.2. The molecule has 14 nitrogen and oxygen atoms in total. The van der Waals surface area contributed by atoms with Crippen LogP contribution in [0.25, 0.3) is 22.1 Å². The zero-order chi connectivity index (χ0) is 46.9. The molecule has 4 N–H and O–H groups in total. The van der Waals surface area contributed by atoms with Crippen LogP contribution in [0.1, 0.15) is 5.56 Å². The number of anilines is 5. The third-order valence-corrected chi connectivity index (χ3v) is 9.68. The Morgan fingerprint density at radius 1 is 0.552 bits per heavy atom. The van der Waals surface area contributed by atoms with Crippen molar-refractivity contribution in [1.29, 1.82) is 0 Å². The number of ether oxygens (including phenoxy) is 3. The molecule has 3 heterocycles. The van der Waals surface area contributed by atoms with Crippen molar-refractivity contribution in [2.24, 2.45) is 0 Å². The van der Waals surface area contributed by atoms with Crippen LogP contribution in [-0.2, 0) is 10.9 Å². The Bertz CT molecular complexity index is 3050. The summed E-state index contributed by atoms with van der Waals surface area (Å²) >= 11 is 0. The van der Waals surface area contributed by atoms with Gasteiger partial charge in [-0.2, -0.15) is 13.2 Å². The SMILES string of the molecule is O=C(Nc1ccc(F)cc1)Nc1ccc(Oc2ccc3nccnc3c2)cc1F.O=C(Nc1ccc(Oc2ccc3ncc(N4CCOCC4)nc3c2)cc1)Nc1ccc(F)c(C(F)(F)F)c1. The molecular formula is C47H35F6N9O5. The van der Waals surface area contributed by atoms with E-state index in [0.717, 1.165) is 42.1 Å². The van der Waals surface area contributed by atoms with Crippen LogP contribution in [0.2, 0.25) is 0 Å². The van der Waals surface area contributed by atoms with Gasteiger partial charge < -0.3 is 40.4 Å². The summed E-state index contributed by atoms with van der Waals surface area (Å²) in [5, 5.41) is 9.65. The number of alkyl halides is 3. The number of fused-ring (bicyclic) bond motifs is 2. The summed E-state index contributed by atoms with van der Waals surface area (Å²) in [6.45, 7) is 2.77. The minimum Gasteiger partial charge on any atom is -0.457 e. The standard InChI is InChI=1S/C26H21F4N5O3.C21H14F2N4O2/c27-21-7-3-17(13-20(21)26(28,29)30)33-25(36)32-16-1-4-18(5-2-16)38-19-6-8-22-23(14-19)34-24(15-31-22)35-9-11-37-12-10-35;22-13-1-3-14(4-2-13)26-21(28)27-18-7-5-15(11-17(18)23)29-16-6-8-19-20(12-16)25-10-9-24-19/h1-8,13-15H,9-12H2,(H2,32,33,36);1-12H,(H2,26,27,28). The first kappa shape index (κ1) is 45.1. The molecule has 0 atom stereocenters. The van der Waals surface area contributed by atoms with Gasteiger partial charge in [-0.3, -0.25) is 15.0 Å². The first-order valence-corrected chi connectivity index (χ1v) is 20.2. The fourth-order valence-corrected chi connectivity index (χ4v) is 6.47. The molecule has 1 saturated heterocycles. The Morgan fingerprint density at radius 3 is 1.76 bits per heavy atom. The molecular weight excluding hydrogens is 885 g/mol. The average Bonchev–Trinajstić information content (AvgIpc) is 3.32. The minimum absolute atomic E-state index is 0.0265. The number of halogens is 6. The Balaban J connectivity index is 0.000000188. The van der Waals surface area contributed by atoms with E-state index in [9.17, 15) is 35.9 Å². The van der Waals surface area contributed by atoms with Crippen LogP contribution in [0.5, 0.6) is 23.0 Å². The number of benzene rings is 6. The van der Waals surface area contributed by atoms with E-state index in [0.29, 0.717) is 65.0 Å². The van der Waals surface area contributed by atoms with Crippen LogP contribution in [0.15, 0.2) is 140 Å². The number of urea groups is 2. The molecule has 0 bridgehead atoms. The number of rotatable bonds is 9. The zero-order valence-electron chi connectivity index (χ0n) is 34.7. The second-order valence-corrected chi connectivity index (χ2v) is 14.4. The van der Waals surface area contributed by atoms with Crippen LogP contribution in [0.4, 0.5) is 64.5 Å². The van der Waals surface area contributed by atoms with E-state index in [-0.39, 0.29) is 17.1 Å². The molecule has 0 spiro atoms. The predicted octanol–water partition coefficient (Wildman–Crippen LogP) is 11.4. The van der Waals surface area contributed by atoms with Gasteiger partial charge in [0, 0.05) is 60.7 Å². The molecule has 1 fully saturated rings. The Kier molecular flexibility index (Phi) is 13.5. The lowest BCUT2D eigenvalue weighted by Crippen LogP contribution is -2.36. The normalized spacial score (nSPS) is 12.4. The second kappa shape index (κ2) is 20.1. The molecule has 1 aliphatic rings. The summed E-state index contributed by atoms with van der Waals surface area (Å²) in [5.41, 5.74) is 1.83. The number of nitrogens with one attached hydrogen (secondary N) is 4. The smallest absolute Gasteiger partial charge is 0.419 e. The van der Waals surface area contributed by atoms with E-state index in [1.165, 1.54) is 36.4 Å². The average molecular weight is 920 g/mol. The number of hydrogen-bond acceptors (Lipinski definition) is 10. The van der Waals surface area contributed by atoms with Gasteiger partial charge >= 0.3 is 18.2 Å². The van der Waals surface area contributed by atoms with E-state index in [2.05, 4.69) is 41.1 Å². The molecule has 340 valence electrons. The highest BCUT2D eigenvalue weighted by molar-refractivity contribution is 6.00. The van der Waals surface area contributed by atoms with Crippen LogP contribution in [-0.4, -0.2) is 58.3 Å². The van der Waals surface area contributed by atoms with Gasteiger partial charge in [-0.05, 0) is 103 Å². The van der Waals surface area contributed by atoms with Gasteiger partial charge in [0.25, 0.3) is 0 Å². The van der Waals surface area contributed by atoms with Gasteiger partial charge in [-0.1, -0.05) is 0 Å². The maximum atomic E-state index is 14.4. The number of morpholine rings is 1. The van der Waals surface area contributed by atoms with Crippen LogP contribution >= 0.6 is 0 Å². The van der Waals surface area contributed by atoms with Gasteiger partial charge in [0.2, 0.25) is 0 Å². The van der Waals surface area contributed by atoms with Gasteiger partial charge in [0.1, 0.15) is 46.3 Å². The predicted molar refractivity (Wildman–Crippen MR) is 238 cm³/mol. The summed E-state index contributed by atoms with van der Waals surface area (Å²) < 4.78 is 96.3. The fourth-order valence-electron chi connectivity index (χ4n) is 6.47. The highest BCUT2D eigenvalue weighted by Gasteiger charge is 2.34. The summed E-state index contributed by atoms with van der Waals surface area (Å²) in [4.78, 5) is 43.9. The number of aromatic nitrogens is 4. The van der Waals surface area contributed by atoms with E-state index in [1.54, 1.807) is 79.3 Å². The van der Waals surface area contributed by atoms with Crippen molar-refractivity contribution in [2.75, 3.05) is 52.5 Å². The van der Waals surface area contributed by atoms with Crippen molar-refractivity contribution >= 4 is 62.7 Å². The first-order chi connectivity index (χ1) is 32.3. The maximum absolute atomic E-state index is 14.4. The van der Waals surface area contributed by atoms with Gasteiger partial charge in [0.05, 0.1) is 52.7 Å². The van der Waals surface area contributed by atoms with Crippen LogP contribution in [0.3, 0.4) is 0 Å². The molecule has 67 heavy (non-hydrogen) atoms. The van der Waals surface area contributed by atoms with Crippen molar-refractivity contribution in [3.8, 4) is 23.0 Å². The Hall–Kier alpha value is -8.52. The van der Waals surface area contributed by atoms with Gasteiger partial charge in [-0.25, -0.2) is 27.7 Å². The van der Waals surface area contributed by atoms with E-state index < -0.39 is 41.3 Å². The summed E-state index contributed by atoms with van der Waals surface area (Å²) in [7, 11) is 0. The van der Waals surface area contributed by atoms with E-state index in [4.69, 9.17) is 19.2 Å². The van der Waals surface area contributed by atoms with Crippen molar-refractivity contribution < 1.29 is 50.1 Å². The van der Waals surface area contributed by atoms with E-state index >= 15 is 0 Å². The monoisotopic (exact) mass is 919 g/mol. The molecule has 0 aliphatic carbocycles. The lowest BCUT2D eigenvalue weighted by atomic mass is 10.2. The lowest BCUT2D eigenvalue weighted by molar-refractivity contribution is -0.139. The molecule has 0 saturated carbocycles. The highest BCUT2D eigenvalue weighted by atomic mass is 19.4.